The Kier molecular flexibility index (Phi) is 5.86. The van der Waals surface area contributed by atoms with Crippen molar-refractivity contribution >= 4 is 34.3 Å². The summed E-state index contributed by atoms with van der Waals surface area (Å²) in [4.78, 5) is 13.1. The molecule has 0 fully saturated rings. The minimum Gasteiger partial charge on any atom is -0.491 e. The Morgan fingerprint density at radius 2 is 2.19 bits per heavy atom. The van der Waals surface area contributed by atoms with Gasteiger partial charge in [-0.25, -0.2) is 5.10 Å². The van der Waals surface area contributed by atoms with Crippen LogP contribution in [0.5, 0.6) is 5.75 Å². The summed E-state index contributed by atoms with van der Waals surface area (Å²) in [6.45, 7) is 0.590. The standard InChI is InChI=1S/C21H19N7O2S/c1-28-17(11-14-4-3-5-18(19(14)28)30-8-9-31-2)21(29)23-16-7-6-13(12-22)10-15(16)20-24-26-27-25-20/h3-7,10-11H,8-9H2,1-2H3,(H,23,29)(H,24,25,26,27). The van der Waals surface area contributed by atoms with Crippen LogP contribution in [0.3, 0.4) is 0 Å². The van der Waals surface area contributed by atoms with Crippen LogP contribution in [-0.4, -0.2) is 49.7 Å². The van der Waals surface area contributed by atoms with Crippen molar-refractivity contribution < 1.29 is 9.53 Å². The highest BCUT2D eigenvalue weighted by atomic mass is 32.2. The molecule has 0 aliphatic carbocycles. The van der Waals surface area contributed by atoms with Gasteiger partial charge < -0.3 is 14.6 Å². The molecule has 0 aliphatic heterocycles. The number of nitriles is 1. The Labute approximate surface area is 182 Å². The maximum Gasteiger partial charge on any atom is 0.272 e. The van der Waals surface area contributed by atoms with Gasteiger partial charge in [0.2, 0.25) is 0 Å². The Morgan fingerprint density at radius 3 is 2.94 bits per heavy atom. The first-order chi connectivity index (χ1) is 15.1. The molecule has 0 spiro atoms. The van der Waals surface area contributed by atoms with E-state index < -0.39 is 0 Å². The number of aromatic nitrogens is 5. The number of amides is 1. The molecule has 2 aromatic heterocycles. The molecule has 0 aliphatic rings. The van der Waals surface area contributed by atoms with Gasteiger partial charge in [-0.15, -0.1) is 5.10 Å². The highest BCUT2D eigenvalue weighted by molar-refractivity contribution is 7.98. The van der Waals surface area contributed by atoms with E-state index in [1.807, 2.05) is 42.1 Å². The van der Waals surface area contributed by atoms with Crippen LogP contribution >= 0.6 is 11.8 Å². The highest BCUT2D eigenvalue weighted by Gasteiger charge is 2.19. The third kappa shape index (κ3) is 4.08. The summed E-state index contributed by atoms with van der Waals surface area (Å²) in [6, 6.07) is 14.6. The number of hydrogen-bond donors (Lipinski definition) is 2. The minimum absolute atomic E-state index is 0.299. The van der Waals surface area contributed by atoms with E-state index in [9.17, 15) is 10.1 Å². The summed E-state index contributed by atoms with van der Waals surface area (Å²) >= 11 is 1.71. The van der Waals surface area contributed by atoms with E-state index in [0.29, 0.717) is 34.9 Å². The number of H-pyrrole nitrogens is 1. The van der Waals surface area contributed by atoms with E-state index in [2.05, 4.69) is 32.0 Å². The van der Waals surface area contributed by atoms with Crippen LogP contribution in [0.4, 0.5) is 5.69 Å². The second-order valence-corrected chi connectivity index (χ2v) is 7.69. The third-order valence-corrected chi connectivity index (χ3v) is 5.37. The molecule has 0 saturated carbocycles. The molecular formula is C21H19N7O2S. The molecule has 0 atom stereocenters. The van der Waals surface area contributed by atoms with E-state index in [1.54, 1.807) is 30.0 Å². The molecule has 4 aromatic rings. The summed E-state index contributed by atoms with van der Waals surface area (Å²) in [7, 11) is 1.83. The summed E-state index contributed by atoms with van der Waals surface area (Å²) in [5.74, 6) is 1.67. The number of ether oxygens (including phenoxy) is 1. The molecule has 10 heteroatoms. The Morgan fingerprint density at radius 1 is 1.32 bits per heavy atom. The number of nitrogens with zero attached hydrogens (tertiary/aromatic N) is 5. The minimum atomic E-state index is -0.299. The predicted octanol–water partition coefficient (Wildman–Crippen LogP) is 3.22. The number of hydrogen-bond acceptors (Lipinski definition) is 7. The largest absolute Gasteiger partial charge is 0.491 e. The predicted molar refractivity (Wildman–Crippen MR) is 119 cm³/mol. The fourth-order valence-electron chi connectivity index (χ4n) is 3.33. The number of fused-ring (bicyclic) bond motifs is 1. The van der Waals surface area contributed by atoms with Gasteiger partial charge in [0.25, 0.3) is 5.91 Å². The van der Waals surface area contributed by atoms with Crippen molar-refractivity contribution in [1.82, 2.24) is 25.2 Å². The number of benzene rings is 2. The number of carbonyl (C=O) groups is 1. The average molecular weight is 433 g/mol. The quantitative estimate of drug-likeness (QED) is 0.429. The highest BCUT2D eigenvalue weighted by Crippen LogP contribution is 2.30. The van der Waals surface area contributed by atoms with Gasteiger partial charge in [0, 0.05) is 23.8 Å². The number of rotatable bonds is 7. The summed E-state index contributed by atoms with van der Waals surface area (Å²) in [5, 5.41) is 26.8. The van der Waals surface area contributed by atoms with Crippen LogP contribution in [-0.2, 0) is 7.05 Å². The van der Waals surface area contributed by atoms with Gasteiger partial charge in [-0.1, -0.05) is 12.1 Å². The number of nitrogens with one attached hydrogen (secondary N) is 2. The van der Waals surface area contributed by atoms with Crippen LogP contribution in [0, 0.1) is 11.3 Å². The molecule has 0 radical (unpaired) electrons. The van der Waals surface area contributed by atoms with Crippen LogP contribution in [0.2, 0.25) is 0 Å². The summed E-state index contributed by atoms with van der Waals surface area (Å²) in [5.41, 5.74) is 2.78. The van der Waals surface area contributed by atoms with Crippen molar-refractivity contribution in [3.8, 4) is 23.2 Å². The van der Waals surface area contributed by atoms with Gasteiger partial charge in [0.05, 0.1) is 29.4 Å². The molecule has 9 nitrogen and oxygen atoms in total. The molecule has 0 bridgehead atoms. The number of carbonyl (C=O) groups excluding carboxylic acids is 1. The first kappa shape index (κ1) is 20.4. The molecule has 1 amide bonds. The Bertz CT molecular complexity index is 1280. The van der Waals surface area contributed by atoms with Crippen LogP contribution in [0.1, 0.15) is 16.1 Å². The van der Waals surface area contributed by atoms with Crippen molar-refractivity contribution in [2.24, 2.45) is 7.05 Å². The first-order valence-electron chi connectivity index (χ1n) is 9.42. The van der Waals surface area contributed by atoms with Crippen molar-refractivity contribution in [3.05, 3.63) is 53.7 Å². The lowest BCUT2D eigenvalue weighted by Gasteiger charge is -2.11. The van der Waals surface area contributed by atoms with E-state index in [0.717, 1.165) is 22.4 Å². The SMILES string of the molecule is CSCCOc1cccc2cc(C(=O)Nc3ccc(C#N)cc3-c3nnn[nH]3)n(C)c12. The van der Waals surface area contributed by atoms with Gasteiger partial charge >= 0.3 is 0 Å². The zero-order valence-corrected chi connectivity index (χ0v) is 17.7. The lowest BCUT2D eigenvalue weighted by molar-refractivity contribution is 0.102. The number of thioether (sulfide) groups is 1. The van der Waals surface area contributed by atoms with Gasteiger partial charge in [0.15, 0.2) is 5.82 Å². The van der Waals surface area contributed by atoms with Crippen molar-refractivity contribution in [2.75, 3.05) is 23.9 Å². The topological polar surface area (TPSA) is 122 Å². The first-order valence-corrected chi connectivity index (χ1v) is 10.8. The summed E-state index contributed by atoms with van der Waals surface area (Å²) < 4.78 is 7.73. The molecule has 2 heterocycles. The van der Waals surface area contributed by atoms with Crippen LogP contribution in [0.15, 0.2) is 42.5 Å². The van der Waals surface area contributed by atoms with Crippen molar-refractivity contribution in [2.45, 2.75) is 0 Å². The van der Waals surface area contributed by atoms with Gasteiger partial charge in [-0.05, 0) is 47.0 Å². The molecule has 0 unspecified atom stereocenters. The maximum atomic E-state index is 13.1. The molecule has 4 rings (SSSR count). The Hall–Kier alpha value is -3.84. The normalized spacial score (nSPS) is 10.7. The molecule has 2 aromatic carbocycles. The zero-order chi connectivity index (χ0) is 21.8. The molecule has 0 saturated heterocycles. The van der Waals surface area contributed by atoms with Crippen LogP contribution in [0.25, 0.3) is 22.3 Å². The number of anilines is 1. The number of aromatic amines is 1. The third-order valence-electron chi connectivity index (χ3n) is 4.79. The van der Waals surface area contributed by atoms with Gasteiger partial charge in [0.1, 0.15) is 11.4 Å². The van der Waals surface area contributed by atoms with E-state index in [-0.39, 0.29) is 5.91 Å². The Balaban J connectivity index is 1.68. The smallest absolute Gasteiger partial charge is 0.272 e. The fraction of sp³-hybridized carbons (Fsp3) is 0.190. The number of tetrazole rings is 1. The molecule has 2 N–H and O–H groups in total. The van der Waals surface area contributed by atoms with Gasteiger partial charge in [-0.2, -0.15) is 17.0 Å². The maximum absolute atomic E-state index is 13.1. The summed E-state index contributed by atoms with van der Waals surface area (Å²) in [6.07, 6.45) is 2.03. The molecule has 156 valence electrons. The van der Waals surface area contributed by atoms with Crippen molar-refractivity contribution in [3.63, 3.8) is 0 Å². The molecular weight excluding hydrogens is 414 g/mol. The lowest BCUT2D eigenvalue weighted by atomic mass is 10.1. The molecule has 31 heavy (non-hydrogen) atoms. The fourth-order valence-corrected chi connectivity index (χ4v) is 3.58. The van der Waals surface area contributed by atoms with Crippen molar-refractivity contribution in [1.29, 1.82) is 5.26 Å². The monoisotopic (exact) mass is 433 g/mol. The number of aryl methyl sites for hydroxylation is 1. The van der Waals surface area contributed by atoms with E-state index >= 15 is 0 Å². The lowest BCUT2D eigenvalue weighted by Crippen LogP contribution is -2.16. The zero-order valence-electron chi connectivity index (χ0n) is 16.9. The average Bonchev–Trinajstić information content (AvgIpc) is 3.43. The number of para-hydroxylation sites is 1. The second-order valence-electron chi connectivity index (χ2n) is 6.70. The van der Waals surface area contributed by atoms with E-state index in [4.69, 9.17) is 4.74 Å². The van der Waals surface area contributed by atoms with Crippen LogP contribution < -0.4 is 10.1 Å². The second kappa shape index (κ2) is 8.89. The van der Waals surface area contributed by atoms with Gasteiger partial charge in [-0.3, -0.25) is 4.79 Å². The van der Waals surface area contributed by atoms with E-state index in [1.165, 1.54) is 0 Å².